The minimum absolute atomic E-state index is 0.0418. The molecule has 1 N–H and O–H groups in total. The fourth-order valence-electron chi connectivity index (χ4n) is 3.49. The Morgan fingerprint density at radius 1 is 1.04 bits per heavy atom. The van der Waals surface area contributed by atoms with Gasteiger partial charge in [0, 0.05) is 50.4 Å². The van der Waals surface area contributed by atoms with Gasteiger partial charge < -0.3 is 10.2 Å². The predicted octanol–water partition coefficient (Wildman–Crippen LogP) is 4.27. The summed E-state index contributed by atoms with van der Waals surface area (Å²) in [5.74, 6) is 0.0751. The molecule has 0 atom stereocenters. The van der Waals surface area contributed by atoms with Crippen LogP contribution in [0.5, 0.6) is 0 Å². The molecule has 0 aliphatic carbocycles. The Hall–Kier alpha value is -2.18. The summed E-state index contributed by atoms with van der Waals surface area (Å²) < 4.78 is 0. The standard InChI is InChI=1S/C22H29N3O2S/c1-2-12-24-13-15-25(16-14-24)19-10-8-18(9-11-19)23-22(27)7-3-5-20(26)21-6-4-17-28-21/h4,6,8-11,17H,2-3,5,7,12-16H2,1H3,(H,23,27). The third-order valence-electron chi connectivity index (χ3n) is 5.03. The topological polar surface area (TPSA) is 52.6 Å². The van der Waals surface area contributed by atoms with E-state index >= 15 is 0 Å². The number of benzene rings is 1. The molecular formula is C22H29N3O2S. The number of nitrogens with one attached hydrogen (secondary N) is 1. The molecule has 0 bridgehead atoms. The van der Waals surface area contributed by atoms with Crippen LogP contribution in [0.2, 0.25) is 0 Å². The SMILES string of the molecule is CCCN1CCN(c2ccc(NC(=O)CCCC(=O)c3cccs3)cc2)CC1. The van der Waals surface area contributed by atoms with Crippen molar-refractivity contribution in [3.8, 4) is 0 Å². The van der Waals surface area contributed by atoms with E-state index in [1.807, 2.05) is 29.6 Å². The minimum atomic E-state index is -0.0418. The van der Waals surface area contributed by atoms with E-state index in [4.69, 9.17) is 0 Å². The molecule has 150 valence electrons. The molecule has 0 spiro atoms. The summed E-state index contributed by atoms with van der Waals surface area (Å²) in [5.41, 5.74) is 2.01. The number of Topliss-reactive ketones (excluding diaryl/α,β-unsaturated/α-hetero) is 1. The summed E-state index contributed by atoms with van der Waals surface area (Å²) in [7, 11) is 0. The van der Waals surface area contributed by atoms with Gasteiger partial charge in [-0.1, -0.05) is 13.0 Å². The van der Waals surface area contributed by atoms with Gasteiger partial charge in [-0.3, -0.25) is 14.5 Å². The Kier molecular flexibility index (Phi) is 7.62. The zero-order valence-corrected chi connectivity index (χ0v) is 17.3. The van der Waals surface area contributed by atoms with E-state index in [-0.39, 0.29) is 11.7 Å². The van der Waals surface area contributed by atoms with Crippen LogP contribution in [0.15, 0.2) is 41.8 Å². The van der Waals surface area contributed by atoms with E-state index in [2.05, 4.69) is 34.2 Å². The average molecular weight is 400 g/mol. The molecule has 1 aliphatic heterocycles. The smallest absolute Gasteiger partial charge is 0.224 e. The lowest BCUT2D eigenvalue weighted by Gasteiger charge is -2.36. The lowest BCUT2D eigenvalue weighted by Crippen LogP contribution is -2.46. The van der Waals surface area contributed by atoms with E-state index in [9.17, 15) is 9.59 Å². The van der Waals surface area contributed by atoms with Gasteiger partial charge in [0.15, 0.2) is 5.78 Å². The number of amides is 1. The number of piperazine rings is 1. The van der Waals surface area contributed by atoms with Gasteiger partial charge in [-0.15, -0.1) is 11.3 Å². The highest BCUT2D eigenvalue weighted by Crippen LogP contribution is 2.20. The number of rotatable bonds is 9. The fraction of sp³-hybridized carbons (Fsp3) is 0.455. The number of nitrogens with zero attached hydrogens (tertiary/aromatic N) is 2. The monoisotopic (exact) mass is 399 g/mol. The van der Waals surface area contributed by atoms with Crippen LogP contribution in [0.4, 0.5) is 11.4 Å². The van der Waals surface area contributed by atoms with Gasteiger partial charge in [0.1, 0.15) is 0 Å². The van der Waals surface area contributed by atoms with Gasteiger partial charge in [-0.25, -0.2) is 0 Å². The van der Waals surface area contributed by atoms with Crippen molar-refractivity contribution in [2.75, 3.05) is 42.9 Å². The maximum absolute atomic E-state index is 12.1. The number of carbonyl (C=O) groups is 2. The van der Waals surface area contributed by atoms with Crippen LogP contribution in [0.1, 0.15) is 42.3 Å². The molecule has 2 heterocycles. The zero-order valence-electron chi connectivity index (χ0n) is 16.5. The molecule has 1 aromatic carbocycles. The van der Waals surface area contributed by atoms with Crippen LogP contribution < -0.4 is 10.2 Å². The van der Waals surface area contributed by atoms with Crippen molar-refractivity contribution >= 4 is 34.4 Å². The van der Waals surface area contributed by atoms with Crippen LogP contribution in [0.3, 0.4) is 0 Å². The Balaban J connectivity index is 1.40. The second-order valence-corrected chi connectivity index (χ2v) is 8.13. The Bertz CT molecular complexity index is 751. The largest absolute Gasteiger partial charge is 0.369 e. The first-order valence-corrected chi connectivity index (χ1v) is 11.0. The van der Waals surface area contributed by atoms with Crippen LogP contribution in [-0.4, -0.2) is 49.3 Å². The molecule has 2 aromatic rings. The minimum Gasteiger partial charge on any atom is -0.369 e. The maximum atomic E-state index is 12.1. The van der Waals surface area contributed by atoms with Gasteiger partial charge in [0.05, 0.1) is 4.88 Å². The van der Waals surface area contributed by atoms with E-state index < -0.39 is 0 Å². The van der Waals surface area contributed by atoms with Crippen molar-refractivity contribution < 1.29 is 9.59 Å². The Morgan fingerprint density at radius 3 is 2.43 bits per heavy atom. The van der Waals surface area contributed by atoms with Crippen molar-refractivity contribution in [1.29, 1.82) is 0 Å². The summed E-state index contributed by atoms with van der Waals surface area (Å²) >= 11 is 1.45. The van der Waals surface area contributed by atoms with Gasteiger partial charge in [0.25, 0.3) is 0 Å². The summed E-state index contributed by atoms with van der Waals surface area (Å²) in [4.78, 5) is 29.8. The molecule has 3 rings (SSSR count). The Morgan fingerprint density at radius 2 is 1.79 bits per heavy atom. The molecular weight excluding hydrogens is 370 g/mol. The number of anilines is 2. The molecule has 1 aromatic heterocycles. The van der Waals surface area contributed by atoms with E-state index in [1.54, 1.807) is 0 Å². The van der Waals surface area contributed by atoms with Crippen molar-refractivity contribution in [3.05, 3.63) is 46.7 Å². The number of hydrogen-bond acceptors (Lipinski definition) is 5. The summed E-state index contributed by atoms with van der Waals surface area (Å²) in [6.07, 6.45) is 2.55. The average Bonchev–Trinajstić information content (AvgIpc) is 3.24. The lowest BCUT2D eigenvalue weighted by atomic mass is 10.1. The van der Waals surface area contributed by atoms with Gasteiger partial charge in [0.2, 0.25) is 5.91 Å². The molecule has 5 nitrogen and oxygen atoms in total. The Labute approximate surface area is 171 Å². The molecule has 0 radical (unpaired) electrons. The quantitative estimate of drug-likeness (QED) is 0.640. The molecule has 1 fully saturated rings. The molecule has 0 saturated carbocycles. The highest BCUT2D eigenvalue weighted by Gasteiger charge is 2.16. The maximum Gasteiger partial charge on any atom is 0.224 e. The van der Waals surface area contributed by atoms with E-state index in [0.717, 1.165) is 36.7 Å². The third-order valence-corrected chi connectivity index (χ3v) is 5.94. The van der Waals surface area contributed by atoms with Crippen molar-refractivity contribution in [2.45, 2.75) is 32.6 Å². The first kappa shape index (κ1) is 20.6. The number of carbonyl (C=O) groups excluding carboxylic acids is 2. The molecule has 6 heteroatoms. The number of ketones is 1. The number of thiophene rings is 1. The fourth-order valence-corrected chi connectivity index (χ4v) is 4.19. The summed E-state index contributed by atoms with van der Waals surface area (Å²) in [6, 6.07) is 11.8. The summed E-state index contributed by atoms with van der Waals surface area (Å²) in [5, 5.41) is 4.83. The van der Waals surface area contributed by atoms with E-state index in [0.29, 0.717) is 19.3 Å². The molecule has 28 heavy (non-hydrogen) atoms. The second kappa shape index (κ2) is 10.4. The summed E-state index contributed by atoms with van der Waals surface area (Å²) in [6.45, 7) is 7.71. The lowest BCUT2D eigenvalue weighted by molar-refractivity contribution is -0.116. The second-order valence-electron chi connectivity index (χ2n) is 7.18. The molecule has 1 amide bonds. The molecule has 1 aliphatic rings. The van der Waals surface area contributed by atoms with Crippen LogP contribution in [0, 0.1) is 0 Å². The molecule has 0 unspecified atom stereocenters. The van der Waals surface area contributed by atoms with Crippen LogP contribution in [0.25, 0.3) is 0 Å². The third kappa shape index (κ3) is 5.91. The van der Waals surface area contributed by atoms with Crippen LogP contribution >= 0.6 is 11.3 Å². The van der Waals surface area contributed by atoms with Gasteiger partial charge >= 0.3 is 0 Å². The first-order valence-electron chi connectivity index (χ1n) is 10.1. The van der Waals surface area contributed by atoms with Gasteiger partial charge in [-0.05, 0) is 55.1 Å². The van der Waals surface area contributed by atoms with Crippen molar-refractivity contribution in [2.24, 2.45) is 0 Å². The normalized spacial score (nSPS) is 14.8. The van der Waals surface area contributed by atoms with Crippen molar-refractivity contribution in [3.63, 3.8) is 0 Å². The molecule has 1 saturated heterocycles. The van der Waals surface area contributed by atoms with Crippen molar-refractivity contribution in [1.82, 2.24) is 4.90 Å². The number of hydrogen-bond donors (Lipinski definition) is 1. The van der Waals surface area contributed by atoms with Gasteiger partial charge in [-0.2, -0.15) is 0 Å². The zero-order chi connectivity index (χ0) is 19.8. The first-order chi connectivity index (χ1) is 13.7. The predicted molar refractivity (Wildman–Crippen MR) is 117 cm³/mol. The highest BCUT2D eigenvalue weighted by molar-refractivity contribution is 7.12. The van der Waals surface area contributed by atoms with E-state index in [1.165, 1.54) is 30.0 Å². The van der Waals surface area contributed by atoms with Crippen LogP contribution in [-0.2, 0) is 4.79 Å². The highest BCUT2D eigenvalue weighted by atomic mass is 32.1.